The Morgan fingerprint density at radius 3 is 2.21 bits per heavy atom. The van der Waals surface area contributed by atoms with Crippen LogP contribution < -0.4 is 10.1 Å². The van der Waals surface area contributed by atoms with Crippen molar-refractivity contribution in [2.45, 2.75) is 25.1 Å². The van der Waals surface area contributed by atoms with Gasteiger partial charge in [-0.05, 0) is 46.5 Å². The van der Waals surface area contributed by atoms with Crippen LogP contribution in [0.1, 0.15) is 22.3 Å². The average Bonchev–Trinajstić information content (AvgIpc) is 2.93. The molecule has 4 aromatic rings. The van der Waals surface area contributed by atoms with Gasteiger partial charge in [0.15, 0.2) is 0 Å². The van der Waals surface area contributed by atoms with Gasteiger partial charge < -0.3 is 9.64 Å². The lowest BCUT2D eigenvalue weighted by molar-refractivity contribution is -0.142. The number of hydrogen-bond acceptors (Lipinski definition) is 3. The van der Waals surface area contributed by atoms with E-state index in [4.69, 9.17) is 4.74 Å². The van der Waals surface area contributed by atoms with E-state index in [1.807, 2.05) is 89.8 Å². The Morgan fingerprint density at radius 1 is 0.868 bits per heavy atom. The highest BCUT2D eigenvalue weighted by molar-refractivity contribution is 9.11. The molecule has 0 radical (unpaired) electrons. The molecule has 4 aromatic carbocycles. The summed E-state index contributed by atoms with van der Waals surface area (Å²) < 4.78 is 21.4. The summed E-state index contributed by atoms with van der Waals surface area (Å²) in [5.74, 6) is 0.292. The third-order valence-corrected chi connectivity index (χ3v) is 8.22. The molecule has 1 aliphatic rings. The molecule has 0 spiro atoms. The van der Waals surface area contributed by atoms with E-state index in [1.165, 1.54) is 12.1 Å². The quantitative estimate of drug-likeness (QED) is 0.226. The first-order valence-electron chi connectivity index (χ1n) is 12.4. The highest BCUT2D eigenvalue weighted by atomic mass is 79.9. The third-order valence-electron chi connectivity index (χ3n) is 6.80. The van der Waals surface area contributed by atoms with E-state index in [1.54, 1.807) is 0 Å². The fourth-order valence-corrected chi connectivity index (χ4v) is 6.28. The zero-order valence-electron chi connectivity index (χ0n) is 20.7. The molecule has 1 heterocycles. The summed E-state index contributed by atoms with van der Waals surface area (Å²) in [4.78, 5) is 16.3. The van der Waals surface area contributed by atoms with E-state index in [9.17, 15) is 9.18 Å². The normalized spacial score (nSPS) is 17.4. The molecule has 38 heavy (non-hydrogen) atoms. The van der Waals surface area contributed by atoms with Gasteiger partial charge in [-0.25, -0.2) is 4.39 Å². The van der Waals surface area contributed by atoms with Crippen molar-refractivity contribution in [3.63, 3.8) is 0 Å². The van der Waals surface area contributed by atoms with E-state index in [-0.39, 0.29) is 11.7 Å². The average molecular weight is 638 g/mol. The summed E-state index contributed by atoms with van der Waals surface area (Å²) >= 11 is 7.06. The number of halogens is 3. The van der Waals surface area contributed by atoms with Crippen LogP contribution in [0.2, 0.25) is 0 Å². The molecule has 194 valence electrons. The van der Waals surface area contributed by atoms with Crippen LogP contribution in [-0.2, 0) is 29.9 Å². The third kappa shape index (κ3) is 5.85. The van der Waals surface area contributed by atoms with Crippen LogP contribution in [0.4, 0.5) is 4.39 Å². The molecular weight excluding hydrogens is 611 g/mol. The van der Waals surface area contributed by atoms with Gasteiger partial charge in [-0.3, -0.25) is 10.1 Å². The Morgan fingerprint density at radius 2 is 1.53 bits per heavy atom. The van der Waals surface area contributed by atoms with Crippen molar-refractivity contribution in [2.75, 3.05) is 13.1 Å². The monoisotopic (exact) mass is 636 g/mol. The molecular formula is C31H27Br2FN2O2. The number of carbonyl (C=O) groups is 1. The largest absolute Gasteiger partial charge is 0.489 e. The fourth-order valence-electron chi connectivity index (χ4n) is 4.87. The molecule has 1 aliphatic heterocycles. The van der Waals surface area contributed by atoms with Crippen LogP contribution in [0.15, 0.2) is 106 Å². The first-order chi connectivity index (χ1) is 18.4. The van der Waals surface area contributed by atoms with E-state index in [0.717, 1.165) is 22.3 Å². The Hall–Kier alpha value is -3.00. The standard InChI is InChI=1S/C31H27Br2FN2O2/c32-28-17-25(34)18-29(33)27(28)19-31(30(37)36(15-14-35-31)20-22-8-3-1-4-9-22)24-12-7-13-26(16-24)38-21-23-10-5-2-6-11-23/h1-13,16-18,35H,14-15,19-21H2. The number of amides is 1. The smallest absolute Gasteiger partial charge is 0.248 e. The first-order valence-corrected chi connectivity index (χ1v) is 14.0. The van der Waals surface area contributed by atoms with Gasteiger partial charge in [0.1, 0.15) is 23.7 Å². The maximum Gasteiger partial charge on any atom is 0.248 e. The van der Waals surface area contributed by atoms with E-state index in [2.05, 4.69) is 37.2 Å². The lowest BCUT2D eigenvalue weighted by Crippen LogP contribution is -2.63. The minimum Gasteiger partial charge on any atom is -0.489 e. The molecule has 1 fully saturated rings. The Bertz CT molecular complexity index is 1400. The summed E-state index contributed by atoms with van der Waals surface area (Å²) in [6, 6.07) is 30.5. The second-order valence-electron chi connectivity index (χ2n) is 9.37. The predicted molar refractivity (Wildman–Crippen MR) is 154 cm³/mol. The van der Waals surface area contributed by atoms with Gasteiger partial charge in [0.05, 0.1) is 0 Å². The predicted octanol–water partition coefficient (Wildman–Crippen LogP) is 7.00. The highest BCUT2D eigenvalue weighted by Gasteiger charge is 2.46. The Kier molecular flexibility index (Phi) is 8.27. The van der Waals surface area contributed by atoms with Crippen molar-refractivity contribution in [3.05, 3.63) is 134 Å². The number of carbonyl (C=O) groups excluding carboxylic acids is 1. The zero-order valence-corrected chi connectivity index (χ0v) is 23.8. The van der Waals surface area contributed by atoms with Crippen LogP contribution in [0.25, 0.3) is 0 Å². The molecule has 1 atom stereocenters. The van der Waals surface area contributed by atoms with Crippen molar-refractivity contribution in [1.29, 1.82) is 0 Å². The highest BCUT2D eigenvalue weighted by Crippen LogP contribution is 2.38. The fraction of sp³-hybridized carbons (Fsp3) is 0.194. The van der Waals surface area contributed by atoms with E-state index >= 15 is 0 Å². The van der Waals surface area contributed by atoms with Gasteiger partial charge in [-0.15, -0.1) is 0 Å². The zero-order chi connectivity index (χ0) is 26.5. The van der Waals surface area contributed by atoms with Crippen molar-refractivity contribution < 1.29 is 13.9 Å². The molecule has 1 saturated heterocycles. The van der Waals surface area contributed by atoms with Gasteiger partial charge in [0, 0.05) is 35.0 Å². The molecule has 0 bridgehead atoms. The van der Waals surface area contributed by atoms with Crippen LogP contribution >= 0.6 is 31.9 Å². The Labute approximate surface area is 239 Å². The molecule has 0 saturated carbocycles. The number of ether oxygens (including phenoxy) is 1. The summed E-state index contributed by atoms with van der Waals surface area (Å²) in [6.45, 7) is 2.14. The van der Waals surface area contributed by atoms with Crippen molar-refractivity contribution in [3.8, 4) is 5.75 Å². The number of hydrogen-bond donors (Lipinski definition) is 1. The lowest BCUT2D eigenvalue weighted by atomic mass is 9.80. The van der Waals surface area contributed by atoms with Gasteiger partial charge >= 0.3 is 0 Å². The number of nitrogens with one attached hydrogen (secondary N) is 1. The molecule has 5 rings (SSSR count). The number of rotatable bonds is 8. The second-order valence-corrected chi connectivity index (χ2v) is 11.1. The van der Waals surface area contributed by atoms with Crippen LogP contribution in [0.5, 0.6) is 5.75 Å². The minimum atomic E-state index is -1.07. The summed E-state index contributed by atoms with van der Waals surface area (Å²) in [5, 5.41) is 3.55. The molecule has 1 N–H and O–H groups in total. The number of benzene rings is 4. The number of piperazine rings is 1. The number of nitrogens with zero attached hydrogens (tertiary/aromatic N) is 1. The molecule has 0 aliphatic carbocycles. The maximum absolute atomic E-state index is 14.4. The maximum atomic E-state index is 14.4. The van der Waals surface area contributed by atoms with E-state index in [0.29, 0.717) is 47.4 Å². The van der Waals surface area contributed by atoms with Crippen molar-refractivity contribution in [2.24, 2.45) is 0 Å². The lowest BCUT2D eigenvalue weighted by Gasteiger charge is -2.43. The van der Waals surface area contributed by atoms with Gasteiger partial charge in [-0.1, -0.05) is 105 Å². The van der Waals surface area contributed by atoms with Gasteiger partial charge in [0.2, 0.25) is 5.91 Å². The topological polar surface area (TPSA) is 41.6 Å². The molecule has 1 unspecified atom stereocenters. The Balaban J connectivity index is 1.52. The van der Waals surface area contributed by atoms with Gasteiger partial charge in [-0.2, -0.15) is 0 Å². The first kappa shape index (κ1) is 26.6. The van der Waals surface area contributed by atoms with Crippen LogP contribution in [-0.4, -0.2) is 23.9 Å². The molecule has 4 nitrogen and oxygen atoms in total. The molecule has 1 amide bonds. The van der Waals surface area contributed by atoms with Crippen molar-refractivity contribution >= 4 is 37.8 Å². The summed E-state index contributed by atoms with van der Waals surface area (Å²) in [6.07, 6.45) is 0.320. The van der Waals surface area contributed by atoms with Crippen LogP contribution in [0, 0.1) is 5.82 Å². The summed E-state index contributed by atoms with van der Waals surface area (Å²) in [7, 11) is 0. The molecule has 0 aromatic heterocycles. The van der Waals surface area contributed by atoms with Crippen LogP contribution in [0.3, 0.4) is 0 Å². The second kappa shape index (κ2) is 11.8. The minimum absolute atomic E-state index is 0.0315. The van der Waals surface area contributed by atoms with Crippen molar-refractivity contribution in [1.82, 2.24) is 10.2 Å². The molecule has 7 heteroatoms. The van der Waals surface area contributed by atoms with E-state index < -0.39 is 5.54 Å². The SMILES string of the molecule is O=C1N(Cc2ccccc2)CCNC1(Cc1c(Br)cc(F)cc1Br)c1cccc(OCc2ccccc2)c1. The summed E-state index contributed by atoms with van der Waals surface area (Å²) in [5.41, 5.74) is 2.67. The van der Waals surface area contributed by atoms with Gasteiger partial charge in [0.25, 0.3) is 0 Å².